The molecule has 4 aliphatic heterocycles. The standard InChI is InChI=1S/C44H34Cl4N4.Al/c45-29-9-1-25(2-10-29)41-33-17-19-35(49-33)42(26-3-11-30(46)12-4-26)37-21-23-39(51-37)44(28-7-15-32(48)16-8-28)40-24-22-38(52-40)43(36-20-18-34(41)50-36)27-5-13-31(47)14-6-27;/h1-24,33,35,38,40-44,49,52H;/q-2;+3. The Morgan fingerprint density at radius 1 is 0.340 bits per heavy atom. The zero-order valence-corrected chi connectivity index (χ0v) is 32.6. The van der Waals surface area contributed by atoms with Crippen molar-refractivity contribution in [3.8, 4) is 0 Å². The first kappa shape index (κ1) is 34.1. The van der Waals surface area contributed by atoms with Crippen LogP contribution in [-0.2, 0) is 0 Å². The number of rotatable bonds is 4. The van der Waals surface area contributed by atoms with Gasteiger partial charge in [0, 0.05) is 0 Å². The predicted molar refractivity (Wildman–Crippen MR) is 218 cm³/mol. The Morgan fingerprint density at radius 3 is 0.792 bits per heavy atom. The van der Waals surface area contributed by atoms with Gasteiger partial charge in [0.1, 0.15) is 0 Å². The van der Waals surface area contributed by atoms with Crippen LogP contribution in [0.25, 0.3) is 0 Å². The quantitative estimate of drug-likeness (QED) is 0.138. The molecule has 0 fully saturated rings. The second-order valence-electron chi connectivity index (χ2n) is 14.5. The Labute approximate surface area is 336 Å². The number of benzene rings is 4. The predicted octanol–water partition coefficient (Wildman–Crippen LogP) is 10.2. The minimum absolute atomic E-state index is 0.0434. The first-order valence-electron chi connectivity index (χ1n) is 18.1. The molecule has 53 heavy (non-hydrogen) atoms. The summed E-state index contributed by atoms with van der Waals surface area (Å²) in [7, 11) is 0. The second-order valence-corrected chi connectivity index (χ2v) is 17.6. The van der Waals surface area contributed by atoms with E-state index in [4.69, 9.17) is 46.4 Å². The van der Waals surface area contributed by atoms with Crippen molar-refractivity contribution in [2.45, 2.75) is 47.8 Å². The third kappa shape index (κ3) is 5.98. The molecule has 8 atom stereocenters. The van der Waals surface area contributed by atoms with Crippen LogP contribution in [0.3, 0.4) is 0 Å². The SMILES string of the molecule is Clc1ccc(C2c3ccc4[n]3[Al+][n]3c(ccc3C(c3ccc(Cl)cc3)C3C=CC(N3)C4c3ccc(Cl)cc3)C(c3ccc(Cl)cc3)C3C=CC2N3)cc1. The molecule has 0 saturated carbocycles. The Kier molecular flexibility index (Phi) is 8.79. The van der Waals surface area contributed by atoms with Crippen molar-refractivity contribution in [1.82, 2.24) is 17.7 Å². The molecular formula is C44H34AlCl4N4+. The van der Waals surface area contributed by atoms with E-state index in [-0.39, 0.29) is 47.8 Å². The fourth-order valence-corrected chi connectivity index (χ4v) is 11.5. The summed E-state index contributed by atoms with van der Waals surface area (Å²) in [6, 6.07) is 43.5. The zero-order chi connectivity index (χ0) is 35.8. The molecule has 9 heteroatoms. The molecule has 6 bridgehead atoms. The van der Waals surface area contributed by atoms with Crippen LogP contribution in [0.5, 0.6) is 0 Å². The molecule has 0 amide bonds. The van der Waals surface area contributed by atoms with Gasteiger partial charge in [-0.15, -0.1) is 0 Å². The molecule has 4 aliphatic rings. The number of hydrogen-bond acceptors (Lipinski definition) is 2. The van der Waals surface area contributed by atoms with Crippen LogP contribution in [0.15, 0.2) is 146 Å². The Balaban J connectivity index is 1.27. The topological polar surface area (TPSA) is 33.9 Å². The zero-order valence-electron chi connectivity index (χ0n) is 28.5. The van der Waals surface area contributed by atoms with Crippen molar-refractivity contribution >= 4 is 62.1 Å². The summed E-state index contributed by atoms with van der Waals surface area (Å²) >= 11 is 25.5. The van der Waals surface area contributed by atoms with Gasteiger partial charge >= 0.3 is 338 Å². The van der Waals surface area contributed by atoms with Crippen LogP contribution in [0, 0.1) is 0 Å². The van der Waals surface area contributed by atoms with Crippen molar-refractivity contribution in [2.24, 2.45) is 0 Å². The third-order valence-electron chi connectivity index (χ3n) is 11.6. The van der Waals surface area contributed by atoms with Crippen LogP contribution in [0.1, 0.15) is 68.7 Å². The summed E-state index contributed by atoms with van der Waals surface area (Å²) in [5, 5.41) is 11.2. The molecule has 0 aliphatic carbocycles. The monoisotopic (exact) mass is 785 g/mol. The number of aromatic nitrogens is 2. The number of fused-ring (bicyclic) bond motifs is 4. The van der Waals surface area contributed by atoms with Crippen LogP contribution in [0.4, 0.5) is 0 Å². The Hall–Kier alpha value is -3.47. The first-order chi connectivity index (χ1) is 25.9. The van der Waals surface area contributed by atoms with Gasteiger partial charge in [-0.3, -0.25) is 0 Å². The van der Waals surface area contributed by atoms with Crippen molar-refractivity contribution in [1.29, 1.82) is 0 Å². The summed E-state index contributed by atoms with van der Waals surface area (Å²) in [5.41, 5.74) is 10.1. The van der Waals surface area contributed by atoms with E-state index >= 15 is 0 Å². The van der Waals surface area contributed by atoms with E-state index in [0.29, 0.717) is 0 Å². The average molecular weight is 788 g/mol. The Bertz CT molecular complexity index is 2040. The molecule has 2 aromatic heterocycles. The first-order valence-corrected chi connectivity index (χ1v) is 20.6. The van der Waals surface area contributed by atoms with E-state index in [1.807, 2.05) is 48.5 Å². The molecule has 2 N–H and O–H groups in total. The molecule has 0 radical (unpaired) electrons. The van der Waals surface area contributed by atoms with Crippen molar-refractivity contribution in [3.05, 3.63) is 211 Å². The fourth-order valence-electron chi connectivity index (χ4n) is 9.26. The van der Waals surface area contributed by atoms with Crippen molar-refractivity contribution in [3.63, 3.8) is 0 Å². The molecule has 8 unspecified atom stereocenters. The molecule has 4 nitrogen and oxygen atoms in total. The summed E-state index contributed by atoms with van der Waals surface area (Å²) in [6.45, 7) is 0. The minimum atomic E-state index is -0.493. The van der Waals surface area contributed by atoms with E-state index in [1.54, 1.807) is 0 Å². The van der Waals surface area contributed by atoms with Crippen LogP contribution in [-0.4, -0.2) is 46.9 Å². The summed E-state index contributed by atoms with van der Waals surface area (Å²) in [4.78, 5) is 0. The van der Waals surface area contributed by atoms with Gasteiger partial charge in [0.25, 0.3) is 0 Å². The molecule has 6 heterocycles. The van der Waals surface area contributed by atoms with Gasteiger partial charge in [-0.2, -0.15) is 0 Å². The second kappa shape index (κ2) is 13.7. The van der Waals surface area contributed by atoms with Gasteiger partial charge in [-0.05, 0) is 0 Å². The van der Waals surface area contributed by atoms with Crippen molar-refractivity contribution < 1.29 is 0 Å². The summed E-state index contributed by atoms with van der Waals surface area (Å²) < 4.78 is 5.34. The number of halogens is 4. The normalized spacial score (nSPS) is 26.6. The van der Waals surface area contributed by atoms with Crippen molar-refractivity contribution in [2.75, 3.05) is 0 Å². The molecular weight excluding hydrogens is 753 g/mol. The molecule has 10 rings (SSSR count). The van der Waals surface area contributed by atoms with E-state index in [0.717, 1.165) is 20.1 Å². The molecule has 4 aromatic carbocycles. The summed E-state index contributed by atoms with van der Waals surface area (Å²) in [5.74, 6) is 0.174. The van der Waals surface area contributed by atoms with Gasteiger partial charge in [0.2, 0.25) is 0 Å². The van der Waals surface area contributed by atoms with Gasteiger partial charge < -0.3 is 0 Å². The molecule has 0 spiro atoms. The maximum absolute atomic E-state index is 6.50. The maximum atomic E-state index is 6.50. The fraction of sp³-hybridized carbons (Fsp3) is 0.182. The van der Waals surface area contributed by atoms with E-state index in [1.165, 1.54) is 45.0 Å². The van der Waals surface area contributed by atoms with Crippen LogP contribution in [0.2, 0.25) is 20.1 Å². The molecule has 6 aromatic rings. The number of nitrogens with zero attached hydrogens (tertiary/aromatic N) is 2. The number of nitrogens with one attached hydrogen (secondary N) is 2. The van der Waals surface area contributed by atoms with Crippen LogP contribution < -0.4 is 10.6 Å². The molecule has 260 valence electrons. The van der Waals surface area contributed by atoms with E-state index in [9.17, 15) is 0 Å². The third-order valence-corrected chi connectivity index (χ3v) is 14.3. The molecule has 0 saturated heterocycles. The summed E-state index contributed by atoms with van der Waals surface area (Å²) in [6.07, 6.45) is 9.54. The van der Waals surface area contributed by atoms with E-state index in [2.05, 4.69) is 115 Å². The van der Waals surface area contributed by atoms with E-state index < -0.39 is 15.7 Å². The number of hydrogen-bond donors (Lipinski definition) is 2. The van der Waals surface area contributed by atoms with Gasteiger partial charge in [-0.25, -0.2) is 0 Å². The van der Waals surface area contributed by atoms with Gasteiger partial charge in [-0.1, -0.05) is 0 Å². The van der Waals surface area contributed by atoms with Crippen LogP contribution >= 0.6 is 46.4 Å². The Morgan fingerprint density at radius 2 is 0.566 bits per heavy atom. The average Bonchev–Trinajstić information content (AvgIpc) is 3.99. The van der Waals surface area contributed by atoms with Gasteiger partial charge in [0.05, 0.1) is 0 Å². The van der Waals surface area contributed by atoms with Gasteiger partial charge in [0.15, 0.2) is 0 Å².